The third kappa shape index (κ3) is 3.29. The van der Waals surface area contributed by atoms with E-state index in [-0.39, 0.29) is 11.9 Å². The molecule has 2 atom stereocenters. The van der Waals surface area contributed by atoms with Crippen LogP contribution in [0.3, 0.4) is 0 Å². The third-order valence-corrected chi connectivity index (χ3v) is 2.42. The van der Waals surface area contributed by atoms with E-state index in [0.717, 1.165) is 25.9 Å². The Morgan fingerprint density at radius 3 is 3.00 bits per heavy atom. The lowest BCUT2D eigenvalue weighted by molar-refractivity contribution is 0.237. The van der Waals surface area contributed by atoms with Crippen LogP contribution in [0.5, 0.6) is 0 Å². The Balaban J connectivity index is 2.28. The second kappa shape index (κ2) is 4.15. The van der Waals surface area contributed by atoms with Gasteiger partial charge in [-0.3, -0.25) is 4.90 Å². The summed E-state index contributed by atoms with van der Waals surface area (Å²) in [6.45, 7) is 1.66. The average molecular weight is 178 g/mol. The molecule has 0 aromatic heterocycles. The van der Waals surface area contributed by atoms with Crippen LogP contribution in [0, 0.1) is 0 Å². The van der Waals surface area contributed by atoms with Gasteiger partial charge in [0, 0.05) is 12.6 Å². The third-order valence-electron chi connectivity index (χ3n) is 1.83. The van der Waals surface area contributed by atoms with Gasteiger partial charge < -0.3 is 10.3 Å². The van der Waals surface area contributed by atoms with Crippen LogP contribution >= 0.6 is 0 Å². The summed E-state index contributed by atoms with van der Waals surface area (Å²) in [5.41, 5.74) is 5.68. The monoisotopic (exact) mass is 178 g/mol. The van der Waals surface area contributed by atoms with E-state index in [2.05, 4.69) is 0 Å². The SMILES string of the molecule is NC1CCCN(CS(=O)O)C1. The molecule has 11 heavy (non-hydrogen) atoms. The van der Waals surface area contributed by atoms with Crippen molar-refractivity contribution in [3.8, 4) is 0 Å². The number of piperidine rings is 1. The fourth-order valence-corrected chi connectivity index (χ4v) is 1.91. The van der Waals surface area contributed by atoms with Gasteiger partial charge in [0.15, 0.2) is 11.1 Å². The van der Waals surface area contributed by atoms with Gasteiger partial charge in [0.05, 0.1) is 0 Å². The normalized spacial score (nSPS) is 30.2. The molecule has 1 rings (SSSR count). The number of likely N-dealkylation sites (tertiary alicyclic amines) is 1. The molecule has 1 saturated heterocycles. The van der Waals surface area contributed by atoms with Crippen molar-refractivity contribution < 1.29 is 8.76 Å². The predicted molar refractivity (Wildman–Crippen MR) is 44.4 cm³/mol. The van der Waals surface area contributed by atoms with Crippen LogP contribution in [0.4, 0.5) is 0 Å². The Morgan fingerprint density at radius 2 is 2.45 bits per heavy atom. The lowest BCUT2D eigenvalue weighted by Crippen LogP contribution is -2.43. The van der Waals surface area contributed by atoms with Gasteiger partial charge in [-0.05, 0) is 19.4 Å². The number of rotatable bonds is 2. The second-order valence-corrected chi connectivity index (χ2v) is 3.83. The van der Waals surface area contributed by atoms with Gasteiger partial charge in [-0.1, -0.05) is 0 Å². The summed E-state index contributed by atoms with van der Waals surface area (Å²) in [5.74, 6) is 0.244. The molecule has 0 aliphatic carbocycles. The summed E-state index contributed by atoms with van der Waals surface area (Å²) in [7, 11) is 0. The van der Waals surface area contributed by atoms with Crippen LogP contribution in [0.2, 0.25) is 0 Å². The molecule has 0 aromatic carbocycles. The highest BCUT2D eigenvalue weighted by atomic mass is 32.2. The van der Waals surface area contributed by atoms with Gasteiger partial charge in [-0.2, -0.15) is 0 Å². The minimum atomic E-state index is -1.71. The van der Waals surface area contributed by atoms with Gasteiger partial charge in [0.1, 0.15) is 5.88 Å². The van der Waals surface area contributed by atoms with Crippen molar-refractivity contribution in [1.82, 2.24) is 4.90 Å². The molecule has 0 saturated carbocycles. The molecular weight excluding hydrogens is 164 g/mol. The van der Waals surface area contributed by atoms with Crippen LogP contribution in [-0.4, -0.2) is 38.7 Å². The molecule has 0 radical (unpaired) electrons. The fourth-order valence-electron chi connectivity index (χ4n) is 1.36. The molecule has 4 nitrogen and oxygen atoms in total. The van der Waals surface area contributed by atoms with Gasteiger partial charge in [-0.15, -0.1) is 0 Å². The van der Waals surface area contributed by atoms with Crippen molar-refractivity contribution in [3.63, 3.8) is 0 Å². The molecule has 1 aliphatic heterocycles. The van der Waals surface area contributed by atoms with Crippen molar-refractivity contribution in [1.29, 1.82) is 0 Å². The summed E-state index contributed by atoms with van der Waals surface area (Å²) >= 11 is -1.71. The minimum absolute atomic E-state index is 0.187. The van der Waals surface area contributed by atoms with E-state index in [1.54, 1.807) is 0 Å². The Labute approximate surface area is 69.0 Å². The van der Waals surface area contributed by atoms with Crippen LogP contribution in [0.25, 0.3) is 0 Å². The molecular formula is C6H14N2O2S. The summed E-state index contributed by atoms with van der Waals surface area (Å²) in [4.78, 5) is 1.93. The molecule has 1 fully saturated rings. The first-order valence-corrected chi connectivity index (χ1v) is 5.01. The topological polar surface area (TPSA) is 66.6 Å². The quantitative estimate of drug-likeness (QED) is 0.564. The van der Waals surface area contributed by atoms with Gasteiger partial charge in [0.25, 0.3) is 0 Å². The second-order valence-electron chi connectivity index (χ2n) is 2.93. The number of nitrogens with two attached hydrogens (primary N) is 1. The molecule has 1 heterocycles. The summed E-state index contributed by atoms with van der Waals surface area (Å²) in [5, 5.41) is 0. The van der Waals surface area contributed by atoms with E-state index in [1.165, 1.54) is 0 Å². The van der Waals surface area contributed by atoms with E-state index in [0.29, 0.717) is 0 Å². The Morgan fingerprint density at radius 1 is 1.73 bits per heavy atom. The lowest BCUT2D eigenvalue weighted by Gasteiger charge is -2.29. The van der Waals surface area contributed by atoms with E-state index in [4.69, 9.17) is 10.3 Å². The van der Waals surface area contributed by atoms with Crippen LogP contribution < -0.4 is 5.73 Å². The van der Waals surface area contributed by atoms with Crippen LogP contribution in [0.1, 0.15) is 12.8 Å². The predicted octanol–water partition coefficient (Wildman–Crippen LogP) is -0.411. The maximum Gasteiger partial charge on any atom is 0.167 e. The summed E-state index contributed by atoms with van der Waals surface area (Å²) in [6, 6.07) is 0.187. The van der Waals surface area contributed by atoms with Gasteiger partial charge >= 0.3 is 0 Å². The van der Waals surface area contributed by atoms with E-state index < -0.39 is 11.1 Å². The number of nitrogens with zero attached hydrogens (tertiary/aromatic N) is 1. The molecule has 5 heteroatoms. The summed E-state index contributed by atoms with van der Waals surface area (Å²) in [6.07, 6.45) is 2.08. The van der Waals surface area contributed by atoms with Crippen LogP contribution in [-0.2, 0) is 11.1 Å². The first-order valence-electron chi connectivity index (χ1n) is 3.74. The lowest BCUT2D eigenvalue weighted by atomic mass is 10.1. The van der Waals surface area contributed by atoms with Gasteiger partial charge in [0.2, 0.25) is 0 Å². The Hall–Kier alpha value is 0.0300. The molecule has 1 aliphatic rings. The largest absolute Gasteiger partial charge is 0.327 e. The summed E-state index contributed by atoms with van der Waals surface area (Å²) < 4.78 is 19.0. The molecule has 66 valence electrons. The first kappa shape index (κ1) is 9.12. The molecule has 2 unspecified atom stereocenters. The molecule has 0 bridgehead atoms. The minimum Gasteiger partial charge on any atom is -0.327 e. The van der Waals surface area contributed by atoms with Crippen molar-refractivity contribution in [2.24, 2.45) is 5.73 Å². The van der Waals surface area contributed by atoms with Crippen molar-refractivity contribution in [2.45, 2.75) is 18.9 Å². The maximum atomic E-state index is 10.4. The first-order chi connectivity index (χ1) is 5.18. The van der Waals surface area contributed by atoms with E-state index >= 15 is 0 Å². The molecule has 0 amide bonds. The zero-order chi connectivity index (χ0) is 8.27. The molecule has 0 aromatic rings. The standard InChI is InChI=1S/C6H14N2O2S/c7-6-2-1-3-8(4-6)5-11(9)10/h6H,1-5,7H2,(H,9,10). The van der Waals surface area contributed by atoms with E-state index in [9.17, 15) is 4.21 Å². The number of hydrogen-bond donors (Lipinski definition) is 2. The van der Waals surface area contributed by atoms with Crippen molar-refractivity contribution >= 4 is 11.1 Å². The zero-order valence-corrected chi connectivity index (χ0v) is 7.22. The Kier molecular flexibility index (Phi) is 3.45. The van der Waals surface area contributed by atoms with Crippen LogP contribution in [0.15, 0.2) is 0 Å². The van der Waals surface area contributed by atoms with Gasteiger partial charge in [-0.25, -0.2) is 4.21 Å². The van der Waals surface area contributed by atoms with E-state index in [1.807, 2.05) is 4.90 Å². The van der Waals surface area contributed by atoms with Crippen molar-refractivity contribution in [3.05, 3.63) is 0 Å². The maximum absolute atomic E-state index is 10.4. The zero-order valence-electron chi connectivity index (χ0n) is 6.40. The Bertz CT molecular complexity index is 154. The highest BCUT2D eigenvalue weighted by Crippen LogP contribution is 2.07. The highest BCUT2D eigenvalue weighted by Gasteiger charge is 2.17. The van der Waals surface area contributed by atoms with Crippen molar-refractivity contribution in [2.75, 3.05) is 19.0 Å². The fraction of sp³-hybridized carbons (Fsp3) is 1.00. The average Bonchev–Trinajstić information content (AvgIpc) is 1.85. The smallest absolute Gasteiger partial charge is 0.167 e. The molecule has 3 N–H and O–H groups in total. The number of hydrogen-bond acceptors (Lipinski definition) is 3. The molecule has 0 spiro atoms. The highest BCUT2D eigenvalue weighted by molar-refractivity contribution is 7.79.